The van der Waals surface area contributed by atoms with E-state index in [1.165, 1.54) is 6.07 Å². The Kier molecular flexibility index (Phi) is 4.77. The molecule has 0 aliphatic heterocycles. The van der Waals surface area contributed by atoms with Crippen LogP contribution in [0.2, 0.25) is 0 Å². The molecule has 1 heterocycles. The Morgan fingerprint density at radius 3 is 2.60 bits per heavy atom. The molecule has 0 saturated carbocycles. The number of aromatic amines is 1. The first kappa shape index (κ1) is 18.0. The van der Waals surface area contributed by atoms with Gasteiger partial charge < -0.3 is 14.8 Å². The van der Waals surface area contributed by atoms with Gasteiger partial charge in [0.1, 0.15) is 5.69 Å². The molecule has 2 N–H and O–H groups in total. The molecule has 1 aromatic heterocycles. The number of hydrogen-bond donors (Lipinski definition) is 2. The molecule has 0 aliphatic carbocycles. The number of aromatic nitrogens is 2. The van der Waals surface area contributed by atoms with Crippen LogP contribution in [-0.4, -0.2) is 27.1 Å². The van der Waals surface area contributed by atoms with E-state index in [2.05, 4.69) is 4.98 Å². The lowest BCUT2D eigenvalue weighted by atomic mass is 10.1. The normalized spacial score (nSPS) is 11.7. The lowest BCUT2D eigenvalue weighted by Gasteiger charge is -2.07. The third kappa shape index (κ3) is 3.94. The zero-order valence-electron chi connectivity index (χ0n) is 12.5. The molecule has 11 heteroatoms. The molecule has 0 bridgehead atoms. The Morgan fingerprint density at radius 2 is 2.04 bits per heavy atom. The maximum atomic E-state index is 12.7. The maximum Gasteiger partial charge on any atom is 0.431 e. The van der Waals surface area contributed by atoms with Gasteiger partial charge in [-0.1, -0.05) is 0 Å². The molecule has 132 valence electrons. The second-order valence-corrected chi connectivity index (χ2v) is 4.67. The van der Waals surface area contributed by atoms with E-state index in [0.717, 1.165) is 25.3 Å². The van der Waals surface area contributed by atoms with Crippen molar-refractivity contribution in [2.75, 3.05) is 7.11 Å². The van der Waals surface area contributed by atoms with Crippen molar-refractivity contribution in [3.63, 3.8) is 0 Å². The summed E-state index contributed by atoms with van der Waals surface area (Å²) in [6.45, 7) is 0. The number of hydrogen-bond acceptors (Lipinski definition) is 6. The van der Waals surface area contributed by atoms with Crippen molar-refractivity contribution < 1.29 is 27.9 Å². The van der Waals surface area contributed by atoms with Crippen LogP contribution in [0.15, 0.2) is 23.0 Å². The molecule has 0 spiro atoms. The van der Waals surface area contributed by atoms with Gasteiger partial charge in [0.25, 0.3) is 0 Å². The first-order valence-electron chi connectivity index (χ1n) is 6.54. The van der Waals surface area contributed by atoms with Crippen molar-refractivity contribution in [1.29, 1.82) is 0 Å². The first-order chi connectivity index (χ1) is 11.6. The molecule has 2 aromatic rings. The third-order valence-corrected chi connectivity index (χ3v) is 3.03. The van der Waals surface area contributed by atoms with E-state index in [0.29, 0.717) is 6.07 Å². The van der Waals surface area contributed by atoms with Gasteiger partial charge in [-0.15, -0.1) is 0 Å². The Bertz CT molecular complexity index is 906. The van der Waals surface area contributed by atoms with E-state index in [1.807, 2.05) is 0 Å². The molecule has 25 heavy (non-hydrogen) atoms. The molecule has 1 aromatic carbocycles. The highest BCUT2D eigenvalue weighted by molar-refractivity contribution is 5.77. The van der Waals surface area contributed by atoms with E-state index < -0.39 is 39.7 Å². The van der Waals surface area contributed by atoms with Crippen LogP contribution < -0.4 is 10.4 Å². The summed E-state index contributed by atoms with van der Waals surface area (Å²) in [5, 5.41) is 20.7. The van der Waals surface area contributed by atoms with Crippen LogP contribution in [0, 0.1) is 10.1 Å². The lowest BCUT2D eigenvalue weighted by molar-refractivity contribution is -0.386. The predicted octanol–water partition coefficient (Wildman–Crippen LogP) is 2.58. The highest BCUT2D eigenvalue weighted by atomic mass is 19.4. The molecule has 0 atom stereocenters. The molecule has 0 saturated heterocycles. The van der Waals surface area contributed by atoms with E-state index >= 15 is 0 Å². The van der Waals surface area contributed by atoms with E-state index in [-0.39, 0.29) is 11.3 Å². The minimum atomic E-state index is -4.78. The van der Waals surface area contributed by atoms with Crippen LogP contribution in [-0.2, 0) is 6.18 Å². The zero-order valence-corrected chi connectivity index (χ0v) is 12.5. The number of H-pyrrole nitrogens is 1. The average Bonchev–Trinajstić information content (AvgIpc) is 2.51. The Morgan fingerprint density at radius 1 is 1.36 bits per heavy atom. The van der Waals surface area contributed by atoms with Gasteiger partial charge in [-0.05, 0) is 30.4 Å². The zero-order chi connectivity index (χ0) is 18.8. The number of aromatic hydroxyl groups is 1. The van der Waals surface area contributed by atoms with Crippen molar-refractivity contribution in [2.45, 2.75) is 6.18 Å². The van der Waals surface area contributed by atoms with Gasteiger partial charge in [-0.25, -0.2) is 4.79 Å². The van der Waals surface area contributed by atoms with Gasteiger partial charge in [0.05, 0.1) is 23.3 Å². The standard InChI is InChI=1S/C14H10F3N3O5/c1-25-12-9(21)5-3-7(11(12)20(23)24)2-4-8-6-10(14(15,16)17)19-13(22)18-8/h2-6,21H,1H3,(H,18,19,22)/b4-2+. The van der Waals surface area contributed by atoms with Crippen molar-refractivity contribution in [1.82, 2.24) is 9.97 Å². The molecule has 0 radical (unpaired) electrons. The quantitative estimate of drug-likeness (QED) is 0.641. The highest BCUT2D eigenvalue weighted by Gasteiger charge is 2.32. The fourth-order valence-corrected chi connectivity index (χ4v) is 1.99. The summed E-state index contributed by atoms with van der Waals surface area (Å²) in [6, 6.07) is 2.88. The van der Waals surface area contributed by atoms with Crippen molar-refractivity contribution in [2.24, 2.45) is 0 Å². The SMILES string of the molecule is COc1c(O)ccc(/C=C/c2cc(C(F)(F)F)[nH]c(=O)n2)c1[N+](=O)[O-]. The van der Waals surface area contributed by atoms with Gasteiger partial charge in [0.2, 0.25) is 5.75 Å². The number of nitrogens with one attached hydrogen (secondary N) is 1. The minimum absolute atomic E-state index is 0.0599. The number of rotatable bonds is 4. The summed E-state index contributed by atoms with van der Waals surface area (Å²) in [4.78, 5) is 26.5. The monoisotopic (exact) mass is 357 g/mol. The van der Waals surface area contributed by atoms with Crippen LogP contribution in [0.3, 0.4) is 0 Å². The smallest absolute Gasteiger partial charge is 0.431 e. The number of alkyl halides is 3. The molecule has 0 unspecified atom stereocenters. The van der Waals surface area contributed by atoms with Crippen molar-refractivity contribution in [3.8, 4) is 11.5 Å². The lowest BCUT2D eigenvalue weighted by Crippen LogP contribution is -2.19. The van der Waals surface area contributed by atoms with Crippen LogP contribution in [0.4, 0.5) is 18.9 Å². The van der Waals surface area contributed by atoms with Gasteiger partial charge in [0.15, 0.2) is 5.75 Å². The Labute approximate surface area is 137 Å². The number of ether oxygens (including phenoxy) is 1. The van der Waals surface area contributed by atoms with Crippen molar-refractivity contribution >= 4 is 17.8 Å². The maximum absolute atomic E-state index is 12.7. The predicted molar refractivity (Wildman–Crippen MR) is 80.1 cm³/mol. The summed E-state index contributed by atoms with van der Waals surface area (Å²) in [6.07, 6.45) is -2.69. The number of methoxy groups -OCH3 is 1. The summed E-state index contributed by atoms with van der Waals surface area (Å²) in [5.41, 5.74) is -3.51. The number of phenols is 1. The summed E-state index contributed by atoms with van der Waals surface area (Å²) < 4.78 is 42.8. The van der Waals surface area contributed by atoms with E-state index in [9.17, 15) is 33.2 Å². The summed E-state index contributed by atoms with van der Waals surface area (Å²) in [5.74, 6) is -0.873. The van der Waals surface area contributed by atoms with Gasteiger partial charge >= 0.3 is 17.6 Å². The van der Waals surface area contributed by atoms with Gasteiger partial charge in [-0.3, -0.25) is 10.1 Å². The fourth-order valence-electron chi connectivity index (χ4n) is 1.99. The molecular weight excluding hydrogens is 347 g/mol. The third-order valence-electron chi connectivity index (χ3n) is 3.03. The fraction of sp³-hybridized carbons (Fsp3) is 0.143. The van der Waals surface area contributed by atoms with E-state index in [4.69, 9.17) is 4.74 Å². The van der Waals surface area contributed by atoms with Gasteiger partial charge in [-0.2, -0.15) is 18.2 Å². The number of nitro groups is 1. The molecule has 0 amide bonds. The molecule has 0 fully saturated rings. The summed E-state index contributed by atoms with van der Waals surface area (Å²) in [7, 11) is 1.11. The second kappa shape index (κ2) is 6.63. The van der Waals surface area contributed by atoms with Crippen molar-refractivity contribution in [3.05, 3.63) is 55.7 Å². The largest absolute Gasteiger partial charge is 0.504 e. The topological polar surface area (TPSA) is 118 Å². The van der Waals surface area contributed by atoms with Crippen LogP contribution in [0.5, 0.6) is 11.5 Å². The first-order valence-corrected chi connectivity index (χ1v) is 6.54. The molecule has 8 nitrogen and oxygen atoms in total. The van der Waals surface area contributed by atoms with Crippen LogP contribution >= 0.6 is 0 Å². The molecular formula is C14H10F3N3O5. The summed E-state index contributed by atoms with van der Waals surface area (Å²) >= 11 is 0. The second-order valence-electron chi connectivity index (χ2n) is 4.67. The van der Waals surface area contributed by atoms with Gasteiger partial charge in [0, 0.05) is 0 Å². The average molecular weight is 357 g/mol. The van der Waals surface area contributed by atoms with E-state index in [1.54, 1.807) is 4.98 Å². The number of phenolic OH excluding ortho intramolecular Hbond substituents is 1. The molecule has 2 rings (SSSR count). The van der Waals surface area contributed by atoms with Crippen LogP contribution in [0.1, 0.15) is 17.0 Å². The number of nitrogens with zero attached hydrogens (tertiary/aromatic N) is 2. The Hall–Kier alpha value is -3.37. The molecule has 0 aliphatic rings. The Balaban J connectivity index is 2.52. The number of benzene rings is 1. The minimum Gasteiger partial charge on any atom is -0.504 e. The van der Waals surface area contributed by atoms with Crippen LogP contribution in [0.25, 0.3) is 12.2 Å². The highest BCUT2D eigenvalue weighted by Crippen LogP contribution is 2.39. The number of halogens is 3. The number of nitro benzene ring substituents is 1.